The maximum Gasteiger partial charge on any atom is 0.323 e. The number of carbonyl (C=O) groups excluding carboxylic acids is 1. The van der Waals surface area contributed by atoms with E-state index in [1.54, 1.807) is 0 Å². The van der Waals surface area contributed by atoms with Crippen LogP contribution in [0.15, 0.2) is 16.8 Å². The Labute approximate surface area is 97.5 Å². The predicted molar refractivity (Wildman–Crippen MR) is 61.1 cm³/mol. The first-order valence-electron chi connectivity index (χ1n) is 4.57. The molecule has 1 amide bonds. The molecule has 0 aliphatic rings. The van der Waals surface area contributed by atoms with Crippen molar-refractivity contribution in [2.45, 2.75) is 6.42 Å². The second-order valence-electron chi connectivity index (χ2n) is 3.16. The molecule has 0 unspecified atom stereocenters. The van der Waals surface area contributed by atoms with E-state index in [1.165, 1.54) is 11.3 Å². The number of carboxylic acids is 1. The van der Waals surface area contributed by atoms with Gasteiger partial charge < -0.3 is 10.0 Å². The van der Waals surface area contributed by atoms with E-state index in [0.29, 0.717) is 0 Å². The van der Waals surface area contributed by atoms with Crippen molar-refractivity contribution in [1.29, 1.82) is 0 Å². The highest BCUT2D eigenvalue weighted by molar-refractivity contribution is 7.07. The van der Waals surface area contributed by atoms with Gasteiger partial charge in [0.1, 0.15) is 6.54 Å². The fourth-order valence-electron chi connectivity index (χ4n) is 1.19. The molecule has 0 bridgehead atoms. The van der Waals surface area contributed by atoms with E-state index in [0.717, 1.165) is 10.5 Å². The molecule has 1 heterocycles. The molecule has 5 heteroatoms. The SMILES string of the molecule is C#CCN(CC(=O)O)C(=O)Cc1ccsc1. The molecule has 0 aliphatic carbocycles. The first kappa shape index (κ1) is 12.3. The predicted octanol–water partition coefficient (Wildman–Crippen LogP) is 0.837. The van der Waals surface area contributed by atoms with Crippen molar-refractivity contribution in [3.05, 3.63) is 22.4 Å². The Morgan fingerprint density at radius 1 is 1.56 bits per heavy atom. The average molecular weight is 237 g/mol. The lowest BCUT2D eigenvalue weighted by atomic mass is 10.2. The average Bonchev–Trinajstić information content (AvgIpc) is 2.69. The van der Waals surface area contributed by atoms with E-state index in [9.17, 15) is 9.59 Å². The van der Waals surface area contributed by atoms with Crippen LogP contribution in [0.5, 0.6) is 0 Å². The van der Waals surface area contributed by atoms with Gasteiger partial charge in [0, 0.05) is 0 Å². The van der Waals surface area contributed by atoms with Gasteiger partial charge in [-0.15, -0.1) is 6.42 Å². The molecule has 0 atom stereocenters. The second kappa shape index (κ2) is 5.93. The molecule has 0 aromatic carbocycles. The minimum Gasteiger partial charge on any atom is -0.480 e. The monoisotopic (exact) mass is 237 g/mol. The highest BCUT2D eigenvalue weighted by atomic mass is 32.1. The van der Waals surface area contributed by atoms with Gasteiger partial charge in [-0.25, -0.2) is 0 Å². The first-order chi connectivity index (χ1) is 7.63. The molecule has 0 saturated carbocycles. The Morgan fingerprint density at radius 2 is 2.31 bits per heavy atom. The third-order valence-electron chi connectivity index (χ3n) is 1.90. The highest BCUT2D eigenvalue weighted by Gasteiger charge is 2.15. The summed E-state index contributed by atoms with van der Waals surface area (Å²) in [5, 5.41) is 12.3. The van der Waals surface area contributed by atoms with Crippen molar-refractivity contribution in [2.75, 3.05) is 13.1 Å². The fourth-order valence-corrected chi connectivity index (χ4v) is 1.85. The van der Waals surface area contributed by atoms with Gasteiger partial charge in [-0.2, -0.15) is 11.3 Å². The van der Waals surface area contributed by atoms with Gasteiger partial charge >= 0.3 is 5.97 Å². The molecule has 1 aromatic rings. The van der Waals surface area contributed by atoms with Crippen LogP contribution in [0.25, 0.3) is 0 Å². The number of rotatable bonds is 5. The summed E-state index contributed by atoms with van der Waals surface area (Å²) in [5.41, 5.74) is 0.877. The number of hydrogen-bond donors (Lipinski definition) is 1. The Hall–Kier alpha value is -1.80. The van der Waals surface area contributed by atoms with Gasteiger partial charge in [0.2, 0.25) is 5.91 Å². The molecule has 0 fully saturated rings. The van der Waals surface area contributed by atoms with Crippen LogP contribution in [0, 0.1) is 12.3 Å². The van der Waals surface area contributed by atoms with E-state index in [-0.39, 0.29) is 25.4 Å². The number of nitrogens with zero attached hydrogens (tertiary/aromatic N) is 1. The zero-order valence-electron chi connectivity index (χ0n) is 8.55. The molecule has 4 nitrogen and oxygen atoms in total. The van der Waals surface area contributed by atoms with Crippen molar-refractivity contribution in [3.8, 4) is 12.3 Å². The van der Waals surface area contributed by atoms with Gasteiger partial charge in [-0.05, 0) is 22.4 Å². The summed E-state index contributed by atoms with van der Waals surface area (Å²) in [7, 11) is 0. The summed E-state index contributed by atoms with van der Waals surface area (Å²) in [4.78, 5) is 23.4. The zero-order valence-corrected chi connectivity index (χ0v) is 9.37. The number of carbonyl (C=O) groups is 2. The molecule has 0 radical (unpaired) electrons. The molecule has 0 aliphatic heterocycles. The van der Waals surface area contributed by atoms with Gasteiger partial charge in [0.05, 0.1) is 13.0 Å². The Morgan fingerprint density at radius 3 is 2.81 bits per heavy atom. The smallest absolute Gasteiger partial charge is 0.323 e. The third-order valence-corrected chi connectivity index (χ3v) is 2.63. The zero-order chi connectivity index (χ0) is 12.0. The summed E-state index contributed by atoms with van der Waals surface area (Å²) < 4.78 is 0. The van der Waals surface area contributed by atoms with E-state index in [1.807, 2.05) is 16.8 Å². The van der Waals surface area contributed by atoms with Crippen LogP contribution in [0.4, 0.5) is 0 Å². The maximum atomic E-state index is 11.7. The summed E-state index contributed by atoms with van der Waals surface area (Å²) >= 11 is 1.49. The van der Waals surface area contributed by atoms with E-state index >= 15 is 0 Å². The van der Waals surface area contributed by atoms with Gasteiger partial charge in [0.25, 0.3) is 0 Å². The molecule has 1 N–H and O–H groups in total. The van der Waals surface area contributed by atoms with Crippen molar-refractivity contribution < 1.29 is 14.7 Å². The number of aliphatic carboxylic acids is 1. The van der Waals surface area contributed by atoms with Crippen LogP contribution in [0.3, 0.4) is 0 Å². The second-order valence-corrected chi connectivity index (χ2v) is 3.94. The van der Waals surface area contributed by atoms with Crippen molar-refractivity contribution in [2.24, 2.45) is 0 Å². The van der Waals surface area contributed by atoms with E-state index < -0.39 is 5.97 Å². The van der Waals surface area contributed by atoms with Gasteiger partial charge in [0.15, 0.2) is 0 Å². The molecular formula is C11H11NO3S. The summed E-state index contributed by atoms with van der Waals surface area (Å²) in [6, 6.07) is 1.83. The number of amides is 1. The molecule has 0 saturated heterocycles. The fraction of sp³-hybridized carbons (Fsp3) is 0.273. The lowest BCUT2D eigenvalue weighted by Crippen LogP contribution is -2.36. The van der Waals surface area contributed by atoms with Crippen LogP contribution >= 0.6 is 11.3 Å². The number of terminal acetylenes is 1. The summed E-state index contributed by atoms with van der Waals surface area (Å²) in [6.45, 7) is -0.331. The Bertz CT molecular complexity index is 405. The Kier molecular flexibility index (Phi) is 4.55. The maximum absolute atomic E-state index is 11.7. The largest absolute Gasteiger partial charge is 0.480 e. The lowest BCUT2D eigenvalue weighted by molar-refractivity contribution is -0.143. The third kappa shape index (κ3) is 3.75. The Balaban J connectivity index is 2.60. The van der Waals surface area contributed by atoms with Crippen molar-refractivity contribution in [3.63, 3.8) is 0 Å². The molecule has 84 valence electrons. The van der Waals surface area contributed by atoms with Crippen LogP contribution in [0.2, 0.25) is 0 Å². The minimum absolute atomic E-state index is 0.0231. The highest BCUT2D eigenvalue weighted by Crippen LogP contribution is 2.08. The van der Waals surface area contributed by atoms with Crippen molar-refractivity contribution in [1.82, 2.24) is 4.90 Å². The molecule has 16 heavy (non-hydrogen) atoms. The van der Waals surface area contributed by atoms with E-state index in [2.05, 4.69) is 5.92 Å². The van der Waals surface area contributed by atoms with Crippen molar-refractivity contribution >= 4 is 23.2 Å². The number of hydrogen-bond acceptors (Lipinski definition) is 3. The van der Waals surface area contributed by atoms with Crippen LogP contribution in [-0.4, -0.2) is 35.0 Å². The summed E-state index contributed by atoms with van der Waals surface area (Å²) in [5.74, 6) is 0.952. The topological polar surface area (TPSA) is 57.6 Å². The quantitative estimate of drug-likeness (QED) is 0.772. The number of carboxylic acid groups (broad SMARTS) is 1. The molecule has 1 aromatic heterocycles. The van der Waals surface area contributed by atoms with E-state index in [4.69, 9.17) is 11.5 Å². The first-order valence-corrected chi connectivity index (χ1v) is 5.52. The molecule has 0 spiro atoms. The molecule has 1 rings (SSSR count). The molecular weight excluding hydrogens is 226 g/mol. The van der Waals surface area contributed by atoms with Gasteiger partial charge in [-0.3, -0.25) is 9.59 Å². The van der Waals surface area contributed by atoms with Crippen LogP contribution in [-0.2, 0) is 16.0 Å². The minimum atomic E-state index is -1.06. The normalized spacial score (nSPS) is 9.44. The number of thiophene rings is 1. The van der Waals surface area contributed by atoms with Crippen LogP contribution in [0.1, 0.15) is 5.56 Å². The van der Waals surface area contributed by atoms with Gasteiger partial charge in [-0.1, -0.05) is 5.92 Å². The lowest BCUT2D eigenvalue weighted by Gasteiger charge is -2.17. The standard InChI is InChI=1S/C11H11NO3S/c1-2-4-12(7-11(14)15)10(13)6-9-3-5-16-8-9/h1,3,5,8H,4,6-7H2,(H,14,15). The summed E-state index contributed by atoms with van der Waals surface area (Å²) in [6.07, 6.45) is 5.27. The van der Waals surface area contributed by atoms with Crippen LogP contribution < -0.4 is 0 Å².